The Morgan fingerprint density at radius 2 is 2.00 bits per heavy atom. The predicted molar refractivity (Wildman–Crippen MR) is 111 cm³/mol. The van der Waals surface area contributed by atoms with Gasteiger partial charge in [-0.2, -0.15) is 0 Å². The highest BCUT2D eigenvalue weighted by atomic mass is 19.1. The van der Waals surface area contributed by atoms with Gasteiger partial charge in [0.2, 0.25) is 6.79 Å². The molecular weight excluding hydrogens is 401 g/mol. The fraction of sp³-hybridized carbons (Fsp3) is 0.130. The Balaban J connectivity index is 1.36. The SMILES string of the molecule is COc1ccc(F)cc1-c1ccc2nc(C(=O)NCc3ccc4c(c3)OCO4)cn2c1. The minimum absolute atomic E-state index is 0.204. The fourth-order valence-corrected chi connectivity index (χ4v) is 3.49. The van der Waals surface area contributed by atoms with Gasteiger partial charge in [-0.05, 0) is 48.0 Å². The van der Waals surface area contributed by atoms with Crippen LogP contribution in [0.25, 0.3) is 16.8 Å². The van der Waals surface area contributed by atoms with Gasteiger partial charge in [-0.1, -0.05) is 6.07 Å². The molecule has 156 valence electrons. The minimum atomic E-state index is -0.356. The van der Waals surface area contributed by atoms with Gasteiger partial charge in [0, 0.05) is 30.1 Å². The first-order valence-electron chi connectivity index (χ1n) is 9.60. The molecule has 1 amide bonds. The maximum atomic E-state index is 13.7. The lowest BCUT2D eigenvalue weighted by Gasteiger charge is -2.09. The third kappa shape index (κ3) is 3.63. The number of nitrogens with zero attached hydrogens (tertiary/aromatic N) is 2. The predicted octanol–water partition coefficient (Wildman–Crippen LogP) is 3.81. The lowest BCUT2D eigenvalue weighted by atomic mass is 10.1. The smallest absolute Gasteiger partial charge is 0.271 e. The highest BCUT2D eigenvalue weighted by Crippen LogP contribution is 2.33. The highest BCUT2D eigenvalue weighted by molar-refractivity contribution is 5.93. The second-order valence-electron chi connectivity index (χ2n) is 7.02. The second kappa shape index (κ2) is 7.64. The van der Waals surface area contributed by atoms with E-state index in [4.69, 9.17) is 14.2 Å². The number of ether oxygens (including phenoxy) is 3. The molecule has 0 atom stereocenters. The molecule has 0 spiro atoms. The Labute approximate surface area is 177 Å². The van der Waals surface area contributed by atoms with Crippen molar-refractivity contribution in [3.8, 4) is 28.4 Å². The number of hydrogen-bond acceptors (Lipinski definition) is 5. The number of carbonyl (C=O) groups excluding carboxylic acids is 1. The van der Waals surface area contributed by atoms with Gasteiger partial charge in [-0.25, -0.2) is 9.37 Å². The molecule has 2 aromatic carbocycles. The molecule has 0 aliphatic carbocycles. The van der Waals surface area contributed by atoms with Crippen LogP contribution < -0.4 is 19.5 Å². The van der Waals surface area contributed by atoms with E-state index in [9.17, 15) is 9.18 Å². The molecule has 0 radical (unpaired) electrons. The summed E-state index contributed by atoms with van der Waals surface area (Å²) in [4.78, 5) is 17.0. The van der Waals surface area contributed by atoms with Crippen molar-refractivity contribution in [1.29, 1.82) is 0 Å². The first-order valence-corrected chi connectivity index (χ1v) is 9.60. The molecule has 31 heavy (non-hydrogen) atoms. The van der Waals surface area contributed by atoms with Crippen molar-refractivity contribution in [1.82, 2.24) is 14.7 Å². The van der Waals surface area contributed by atoms with Gasteiger partial charge in [-0.3, -0.25) is 4.79 Å². The number of halogens is 1. The molecule has 0 saturated heterocycles. The summed E-state index contributed by atoms with van der Waals surface area (Å²) in [7, 11) is 1.54. The zero-order valence-corrected chi connectivity index (χ0v) is 16.6. The second-order valence-corrected chi connectivity index (χ2v) is 7.02. The van der Waals surface area contributed by atoms with Gasteiger partial charge in [-0.15, -0.1) is 0 Å². The summed E-state index contributed by atoms with van der Waals surface area (Å²) >= 11 is 0. The van der Waals surface area contributed by atoms with Crippen molar-refractivity contribution < 1.29 is 23.4 Å². The molecule has 1 aliphatic rings. The third-order valence-electron chi connectivity index (χ3n) is 5.05. The van der Waals surface area contributed by atoms with Crippen LogP contribution in [0, 0.1) is 5.82 Å². The summed E-state index contributed by atoms with van der Waals surface area (Å²) in [6, 6.07) is 13.5. The monoisotopic (exact) mass is 419 g/mol. The molecule has 2 aromatic heterocycles. The van der Waals surface area contributed by atoms with Crippen molar-refractivity contribution in [2.75, 3.05) is 13.9 Å². The van der Waals surface area contributed by atoms with Crippen LogP contribution in [-0.4, -0.2) is 29.2 Å². The zero-order chi connectivity index (χ0) is 21.4. The Kier molecular flexibility index (Phi) is 4.66. The zero-order valence-electron chi connectivity index (χ0n) is 16.6. The number of carbonyl (C=O) groups is 1. The molecule has 3 heterocycles. The van der Waals surface area contributed by atoms with Crippen molar-refractivity contribution in [2.24, 2.45) is 0 Å². The topological polar surface area (TPSA) is 74.1 Å². The quantitative estimate of drug-likeness (QED) is 0.533. The molecule has 4 aromatic rings. The van der Waals surface area contributed by atoms with Crippen LogP contribution in [0.5, 0.6) is 17.2 Å². The lowest BCUT2D eigenvalue weighted by molar-refractivity contribution is 0.0946. The van der Waals surface area contributed by atoms with Gasteiger partial charge in [0.05, 0.1) is 7.11 Å². The summed E-state index contributed by atoms with van der Waals surface area (Å²) < 4.78 is 31.5. The van der Waals surface area contributed by atoms with E-state index in [1.165, 1.54) is 19.2 Å². The van der Waals surface area contributed by atoms with E-state index in [1.807, 2.05) is 24.3 Å². The van der Waals surface area contributed by atoms with Crippen LogP contribution in [-0.2, 0) is 6.54 Å². The van der Waals surface area contributed by atoms with Crippen molar-refractivity contribution in [3.05, 3.63) is 78.0 Å². The minimum Gasteiger partial charge on any atom is -0.496 e. The first kappa shape index (κ1) is 18.9. The van der Waals surface area contributed by atoms with Crippen LogP contribution in [0.4, 0.5) is 4.39 Å². The maximum absolute atomic E-state index is 13.7. The molecule has 0 bridgehead atoms. The van der Waals surface area contributed by atoms with Crippen LogP contribution >= 0.6 is 0 Å². The normalized spacial score (nSPS) is 12.2. The summed E-state index contributed by atoms with van der Waals surface area (Å²) in [5.41, 5.74) is 3.14. The van der Waals surface area contributed by atoms with E-state index in [0.717, 1.165) is 11.1 Å². The third-order valence-corrected chi connectivity index (χ3v) is 5.05. The summed E-state index contributed by atoms with van der Waals surface area (Å²) in [6.07, 6.45) is 3.42. The molecule has 0 fully saturated rings. The summed E-state index contributed by atoms with van der Waals surface area (Å²) in [6.45, 7) is 0.533. The lowest BCUT2D eigenvalue weighted by Crippen LogP contribution is -2.23. The number of benzene rings is 2. The van der Waals surface area contributed by atoms with Crippen LogP contribution in [0.2, 0.25) is 0 Å². The van der Waals surface area contributed by atoms with E-state index >= 15 is 0 Å². The van der Waals surface area contributed by atoms with Crippen LogP contribution in [0.15, 0.2) is 60.9 Å². The van der Waals surface area contributed by atoms with Gasteiger partial charge >= 0.3 is 0 Å². The van der Waals surface area contributed by atoms with Crippen LogP contribution in [0.1, 0.15) is 16.1 Å². The highest BCUT2D eigenvalue weighted by Gasteiger charge is 2.15. The summed E-state index contributed by atoms with van der Waals surface area (Å²) in [5.74, 6) is 1.26. The standard InChI is InChI=1S/C23H18FN3O4/c1-29-19-6-4-16(24)9-17(19)15-3-7-22-26-18(12-27(22)11-15)23(28)25-10-14-2-5-20-21(8-14)31-13-30-20/h2-9,11-12H,10,13H2,1H3,(H,25,28). The number of nitrogens with one attached hydrogen (secondary N) is 1. The van der Waals surface area contributed by atoms with Gasteiger partial charge in [0.15, 0.2) is 11.5 Å². The molecule has 1 aliphatic heterocycles. The Morgan fingerprint density at radius 3 is 2.87 bits per heavy atom. The Bertz CT molecular complexity index is 1300. The van der Waals surface area contributed by atoms with Crippen molar-refractivity contribution in [2.45, 2.75) is 6.54 Å². The number of rotatable bonds is 5. The van der Waals surface area contributed by atoms with Gasteiger partial charge in [0.1, 0.15) is 22.9 Å². The number of fused-ring (bicyclic) bond motifs is 2. The van der Waals surface area contributed by atoms with Gasteiger partial charge < -0.3 is 23.9 Å². The van der Waals surface area contributed by atoms with Crippen LogP contribution in [0.3, 0.4) is 0 Å². The number of amides is 1. The average molecular weight is 419 g/mol. The molecule has 1 N–H and O–H groups in total. The van der Waals surface area contributed by atoms with E-state index in [0.29, 0.717) is 35.0 Å². The van der Waals surface area contributed by atoms with Crippen molar-refractivity contribution in [3.63, 3.8) is 0 Å². The van der Waals surface area contributed by atoms with E-state index in [1.54, 1.807) is 28.9 Å². The summed E-state index contributed by atoms with van der Waals surface area (Å²) in [5, 5.41) is 2.86. The fourth-order valence-electron chi connectivity index (χ4n) is 3.49. The van der Waals surface area contributed by atoms with E-state index in [2.05, 4.69) is 10.3 Å². The maximum Gasteiger partial charge on any atom is 0.271 e. The molecule has 0 unspecified atom stereocenters. The first-order chi connectivity index (χ1) is 15.1. The molecular formula is C23H18FN3O4. The largest absolute Gasteiger partial charge is 0.496 e. The molecule has 5 rings (SSSR count). The number of hydrogen-bond donors (Lipinski definition) is 1. The number of methoxy groups -OCH3 is 1. The average Bonchev–Trinajstić information content (AvgIpc) is 3.43. The number of imidazole rings is 1. The van der Waals surface area contributed by atoms with E-state index in [-0.39, 0.29) is 24.2 Å². The van der Waals surface area contributed by atoms with E-state index < -0.39 is 0 Å². The van der Waals surface area contributed by atoms with Crippen molar-refractivity contribution >= 4 is 11.6 Å². The molecule has 8 heteroatoms. The Hall–Kier alpha value is -4.07. The number of aromatic nitrogens is 2. The van der Waals surface area contributed by atoms with Gasteiger partial charge in [0.25, 0.3) is 5.91 Å². The molecule has 7 nitrogen and oxygen atoms in total. The molecule has 0 saturated carbocycles. The number of pyridine rings is 1. The Morgan fingerprint density at radius 1 is 1.13 bits per heavy atom.